The number of halogens is 3. The van der Waals surface area contributed by atoms with Crippen molar-refractivity contribution < 1.29 is 23.1 Å². The molecule has 0 aromatic heterocycles. The van der Waals surface area contributed by atoms with Crippen molar-refractivity contribution >= 4 is 5.97 Å². The minimum atomic E-state index is -4.46. The first kappa shape index (κ1) is 14.5. The molecule has 100 valence electrons. The molecule has 0 bridgehead atoms. The number of carbonyl (C=O) groups is 1. The predicted octanol–water partition coefficient (Wildman–Crippen LogP) is 1.21. The lowest BCUT2D eigenvalue weighted by Crippen LogP contribution is -2.42. The van der Waals surface area contributed by atoms with Gasteiger partial charge in [0.1, 0.15) is 6.04 Å². The van der Waals surface area contributed by atoms with E-state index in [1.807, 2.05) is 0 Å². The van der Waals surface area contributed by atoms with Gasteiger partial charge in [-0.15, -0.1) is 0 Å². The Morgan fingerprint density at radius 3 is 2.50 bits per heavy atom. The van der Waals surface area contributed by atoms with Crippen molar-refractivity contribution in [3.8, 4) is 0 Å². The summed E-state index contributed by atoms with van der Waals surface area (Å²) in [6.07, 6.45) is -4.46. The maximum absolute atomic E-state index is 12.6. The molecule has 0 amide bonds. The largest absolute Gasteiger partial charge is 0.480 e. The first-order valence-electron chi connectivity index (χ1n) is 5.17. The number of hydrogen-bond donors (Lipinski definition) is 3. The molecule has 0 radical (unpaired) electrons. The summed E-state index contributed by atoms with van der Waals surface area (Å²) in [6.45, 7) is -0.395. The Balaban J connectivity index is 2.82. The van der Waals surface area contributed by atoms with Crippen molar-refractivity contribution in [1.82, 2.24) is 5.32 Å². The maximum atomic E-state index is 12.6. The fourth-order valence-electron chi connectivity index (χ4n) is 1.46. The Morgan fingerprint density at radius 2 is 2.00 bits per heavy atom. The van der Waals surface area contributed by atoms with Crippen molar-refractivity contribution in [2.45, 2.75) is 18.8 Å². The second-order valence-corrected chi connectivity index (χ2v) is 3.66. The number of nitrogens with two attached hydrogens (primary N) is 1. The van der Waals surface area contributed by atoms with Gasteiger partial charge in [0.2, 0.25) is 0 Å². The van der Waals surface area contributed by atoms with Crippen molar-refractivity contribution in [3.63, 3.8) is 0 Å². The topological polar surface area (TPSA) is 75.3 Å². The zero-order chi connectivity index (χ0) is 13.8. The maximum Gasteiger partial charge on any atom is 0.416 e. The number of rotatable bonds is 5. The number of carboxylic acids is 1. The van der Waals surface area contributed by atoms with Crippen LogP contribution < -0.4 is 11.1 Å². The highest BCUT2D eigenvalue weighted by molar-refractivity contribution is 5.73. The van der Waals surface area contributed by atoms with Gasteiger partial charge in [-0.25, -0.2) is 0 Å². The normalized spacial score (nSPS) is 13.3. The van der Waals surface area contributed by atoms with E-state index in [1.165, 1.54) is 18.2 Å². The molecule has 0 aliphatic rings. The molecule has 1 rings (SSSR count). The van der Waals surface area contributed by atoms with Crippen LogP contribution in [0.4, 0.5) is 13.2 Å². The van der Waals surface area contributed by atoms with Crippen LogP contribution >= 0.6 is 0 Å². The first-order chi connectivity index (χ1) is 8.36. The molecular weight excluding hydrogens is 249 g/mol. The van der Waals surface area contributed by atoms with E-state index in [4.69, 9.17) is 10.8 Å². The van der Waals surface area contributed by atoms with E-state index in [-0.39, 0.29) is 18.7 Å². The van der Waals surface area contributed by atoms with Crippen LogP contribution in [-0.4, -0.2) is 23.7 Å². The second-order valence-electron chi connectivity index (χ2n) is 3.66. The monoisotopic (exact) mass is 262 g/mol. The Labute approximate surface area is 102 Å². The fraction of sp³-hybridized carbons (Fsp3) is 0.364. The molecule has 4 nitrogen and oxygen atoms in total. The quantitative estimate of drug-likeness (QED) is 0.745. The van der Waals surface area contributed by atoms with Crippen LogP contribution in [0.3, 0.4) is 0 Å². The minimum Gasteiger partial charge on any atom is -0.480 e. The van der Waals surface area contributed by atoms with Gasteiger partial charge in [0.15, 0.2) is 0 Å². The zero-order valence-corrected chi connectivity index (χ0v) is 9.37. The summed E-state index contributed by atoms with van der Waals surface area (Å²) in [4.78, 5) is 10.7. The van der Waals surface area contributed by atoms with Crippen LogP contribution in [0.15, 0.2) is 24.3 Å². The number of nitrogens with one attached hydrogen (secondary N) is 1. The van der Waals surface area contributed by atoms with E-state index in [9.17, 15) is 18.0 Å². The summed E-state index contributed by atoms with van der Waals surface area (Å²) in [6, 6.07) is 3.93. The lowest BCUT2D eigenvalue weighted by atomic mass is 10.1. The Morgan fingerprint density at radius 1 is 1.39 bits per heavy atom. The van der Waals surface area contributed by atoms with Crippen LogP contribution in [-0.2, 0) is 17.5 Å². The van der Waals surface area contributed by atoms with Crippen LogP contribution in [0.1, 0.15) is 11.1 Å². The number of carboxylic acid groups (broad SMARTS) is 1. The molecule has 4 N–H and O–H groups in total. The predicted molar refractivity (Wildman–Crippen MR) is 58.8 cm³/mol. The van der Waals surface area contributed by atoms with Gasteiger partial charge in [0.25, 0.3) is 0 Å². The van der Waals surface area contributed by atoms with E-state index in [0.717, 1.165) is 6.07 Å². The lowest BCUT2D eigenvalue weighted by molar-refractivity contribution is -0.139. The molecule has 1 aromatic rings. The van der Waals surface area contributed by atoms with Crippen LogP contribution in [0.2, 0.25) is 0 Å². The van der Waals surface area contributed by atoms with E-state index in [0.29, 0.717) is 0 Å². The van der Waals surface area contributed by atoms with Gasteiger partial charge in [0.05, 0.1) is 5.56 Å². The molecule has 18 heavy (non-hydrogen) atoms. The highest BCUT2D eigenvalue weighted by Crippen LogP contribution is 2.31. The summed E-state index contributed by atoms with van der Waals surface area (Å²) in [5, 5.41) is 11.2. The Bertz CT molecular complexity index is 421. The van der Waals surface area contributed by atoms with Crippen LogP contribution in [0, 0.1) is 0 Å². The Kier molecular flexibility index (Phi) is 4.69. The van der Waals surface area contributed by atoms with Gasteiger partial charge >= 0.3 is 12.1 Å². The molecule has 1 unspecified atom stereocenters. The number of benzene rings is 1. The van der Waals surface area contributed by atoms with Crippen LogP contribution in [0.5, 0.6) is 0 Å². The fourth-order valence-corrected chi connectivity index (χ4v) is 1.46. The van der Waals surface area contributed by atoms with Crippen molar-refractivity contribution in [2.24, 2.45) is 5.73 Å². The van der Waals surface area contributed by atoms with Gasteiger partial charge in [-0.3, -0.25) is 10.1 Å². The summed E-state index contributed by atoms with van der Waals surface area (Å²) >= 11 is 0. The molecule has 0 aliphatic heterocycles. The summed E-state index contributed by atoms with van der Waals surface area (Å²) in [5.41, 5.74) is 4.41. The molecule has 1 atom stereocenters. The van der Waals surface area contributed by atoms with Gasteiger partial charge < -0.3 is 10.8 Å². The molecular formula is C11H13F3N2O2. The van der Waals surface area contributed by atoms with Gasteiger partial charge in [0, 0.05) is 13.1 Å². The second kappa shape index (κ2) is 5.83. The lowest BCUT2D eigenvalue weighted by Gasteiger charge is -2.16. The number of alkyl halides is 3. The molecule has 0 saturated carbocycles. The van der Waals surface area contributed by atoms with Gasteiger partial charge in [-0.2, -0.15) is 13.2 Å². The first-order valence-corrected chi connectivity index (χ1v) is 5.17. The molecule has 1 aromatic carbocycles. The van der Waals surface area contributed by atoms with E-state index in [1.54, 1.807) is 0 Å². The molecule has 0 heterocycles. The van der Waals surface area contributed by atoms with Crippen molar-refractivity contribution in [3.05, 3.63) is 35.4 Å². The third-order valence-electron chi connectivity index (χ3n) is 2.40. The average molecular weight is 262 g/mol. The molecule has 0 fully saturated rings. The third kappa shape index (κ3) is 3.71. The van der Waals surface area contributed by atoms with E-state index < -0.39 is 23.8 Å². The van der Waals surface area contributed by atoms with Crippen LogP contribution in [0.25, 0.3) is 0 Å². The molecule has 7 heteroatoms. The average Bonchev–Trinajstić information content (AvgIpc) is 2.28. The van der Waals surface area contributed by atoms with E-state index >= 15 is 0 Å². The minimum absolute atomic E-state index is 0.00954. The number of aliphatic carboxylic acids is 1. The van der Waals surface area contributed by atoms with Crippen molar-refractivity contribution in [1.29, 1.82) is 0 Å². The summed E-state index contributed by atoms with van der Waals surface area (Å²) < 4.78 is 37.9. The zero-order valence-electron chi connectivity index (χ0n) is 9.37. The Hall–Kier alpha value is -1.60. The van der Waals surface area contributed by atoms with Gasteiger partial charge in [-0.05, 0) is 11.6 Å². The standard InChI is InChI=1S/C11H13F3N2O2/c12-11(13,14)8-4-2-1-3-7(8)6-16-9(5-15)10(17)18/h1-4,9,16H,5-6,15H2,(H,17,18). The van der Waals surface area contributed by atoms with Crippen molar-refractivity contribution in [2.75, 3.05) is 6.54 Å². The SMILES string of the molecule is NCC(NCc1ccccc1C(F)(F)F)C(=O)O. The summed E-state index contributed by atoms with van der Waals surface area (Å²) in [7, 11) is 0. The highest BCUT2D eigenvalue weighted by Gasteiger charge is 2.32. The molecule has 0 saturated heterocycles. The number of hydrogen-bond acceptors (Lipinski definition) is 3. The third-order valence-corrected chi connectivity index (χ3v) is 2.40. The molecule has 0 aliphatic carbocycles. The van der Waals surface area contributed by atoms with E-state index in [2.05, 4.69) is 5.32 Å². The summed E-state index contributed by atoms with van der Waals surface area (Å²) in [5.74, 6) is -1.19. The smallest absolute Gasteiger partial charge is 0.416 e. The van der Waals surface area contributed by atoms with Gasteiger partial charge in [-0.1, -0.05) is 18.2 Å². The highest BCUT2D eigenvalue weighted by atomic mass is 19.4. The molecule has 0 spiro atoms.